The molecular formula is C11H13N5O5. The molecule has 2 aromatic heterocycles. The fourth-order valence-electron chi connectivity index (χ4n) is 2.33. The number of carbonyl (C=O) groups excluding carboxylic acids is 1. The first-order valence-electron chi connectivity index (χ1n) is 6.14. The molecule has 2 aromatic rings. The molecule has 1 aliphatic rings. The summed E-state index contributed by atoms with van der Waals surface area (Å²) in [7, 11) is 0. The van der Waals surface area contributed by atoms with Crippen molar-refractivity contribution in [2.24, 2.45) is 5.73 Å². The lowest BCUT2D eigenvalue weighted by atomic mass is 10.1. The quantitative estimate of drug-likeness (QED) is 0.485. The van der Waals surface area contributed by atoms with Crippen molar-refractivity contribution in [3.63, 3.8) is 0 Å². The SMILES string of the molecule is NC(=O)c1ncnc2c1ncn2[C@@H]1O[C@@H](CO)[C@@H](O)[C@H]1O. The van der Waals surface area contributed by atoms with Crippen molar-refractivity contribution in [1.29, 1.82) is 0 Å². The molecule has 0 aliphatic carbocycles. The number of nitrogens with two attached hydrogens (primary N) is 1. The lowest BCUT2D eigenvalue weighted by molar-refractivity contribution is -0.0511. The standard InChI is InChI=1S/C11H13N5O5/c12-9(20)5-6-10(14-2-13-5)16(3-15-6)11-8(19)7(18)4(1-17)21-11/h2-4,7-8,11,17-19H,1H2,(H2,12,20)/t4-,7+,8+,11+/m0/s1. The lowest BCUT2D eigenvalue weighted by Gasteiger charge is -2.16. The van der Waals surface area contributed by atoms with Crippen LogP contribution < -0.4 is 5.73 Å². The highest BCUT2D eigenvalue weighted by atomic mass is 16.6. The Labute approximate surface area is 117 Å². The van der Waals surface area contributed by atoms with E-state index in [1.807, 2.05) is 0 Å². The number of nitrogens with zero attached hydrogens (tertiary/aromatic N) is 4. The van der Waals surface area contributed by atoms with Crippen LogP contribution in [-0.2, 0) is 4.74 Å². The number of ether oxygens (including phenoxy) is 1. The minimum Gasteiger partial charge on any atom is -0.394 e. The third-order valence-corrected chi connectivity index (χ3v) is 3.38. The van der Waals surface area contributed by atoms with Gasteiger partial charge in [0.25, 0.3) is 5.91 Å². The first-order valence-corrected chi connectivity index (χ1v) is 6.14. The second-order valence-corrected chi connectivity index (χ2v) is 4.64. The van der Waals surface area contributed by atoms with Crippen LogP contribution in [-0.4, -0.2) is 65.7 Å². The molecule has 112 valence electrons. The molecule has 4 atom stereocenters. The minimum absolute atomic E-state index is 0.0505. The van der Waals surface area contributed by atoms with Gasteiger partial charge in [-0.15, -0.1) is 0 Å². The summed E-state index contributed by atoms with van der Waals surface area (Å²) in [4.78, 5) is 23.0. The van der Waals surface area contributed by atoms with E-state index in [1.54, 1.807) is 0 Å². The number of hydrogen-bond acceptors (Lipinski definition) is 8. The predicted molar refractivity (Wildman–Crippen MR) is 66.9 cm³/mol. The average molecular weight is 295 g/mol. The summed E-state index contributed by atoms with van der Waals surface area (Å²) in [5, 5.41) is 28.9. The van der Waals surface area contributed by atoms with E-state index in [4.69, 9.17) is 15.6 Å². The largest absolute Gasteiger partial charge is 0.394 e. The Morgan fingerprint density at radius 3 is 2.71 bits per heavy atom. The van der Waals surface area contributed by atoms with E-state index in [1.165, 1.54) is 10.9 Å². The molecule has 1 aliphatic heterocycles. The number of aliphatic hydroxyl groups excluding tert-OH is 3. The van der Waals surface area contributed by atoms with Crippen molar-refractivity contribution in [2.75, 3.05) is 6.61 Å². The van der Waals surface area contributed by atoms with E-state index in [0.717, 1.165) is 6.33 Å². The van der Waals surface area contributed by atoms with Gasteiger partial charge < -0.3 is 25.8 Å². The Kier molecular flexibility index (Phi) is 3.29. The molecule has 3 rings (SSSR count). The molecule has 0 radical (unpaired) electrons. The molecule has 10 heteroatoms. The van der Waals surface area contributed by atoms with Crippen molar-refractivity contribution in [3.05, 3.63) is 18.3 Å². The van der Waals surface area contributed by atoms with Crippen molar-refractivity contribution in [2.45, 2.75) is 24.5 Å². The zero-order valence-corrected chi connectivity index (χ0v) is 10.7. The summed E-state index contributed by atoms with van der Waals surface area (Å²) < 4.78 is 6.74. The van der Waals surface area contributed by atoms with E-state index in [0.29, 0.717) is 0 Å². The number of hydrogen-bond donors (Lipinski definition) is 4. The van der Waals surface area contributed by atoms with Gasteiger partial charge in [0.2, 0.25) is 0 Å². The fraction of sp³-hybridized carbons (Fsp3) is 0.455. The summed E-state index contributed by atoms with van der Waals surface area (Å²) in [5.41, 5.74) is 5.55. The van der Waals surface area contributed by atoms with Crippen LogP contribution in [0, 0.1) is 0 Å². The predicted octanol–water partition coefficient (Wildman–Crippen LogP) is -2.46. The van der Waals surface area contributed by atoms with Gasteiger partial charge in [-0.1, -0.05) is 0 Å². The Bertz CT molecular complexity index is 689. The van der Waals surface area contributed by atoms with Crippen LogP contribution in [0.25, 0.3) is 11.2 Å². The van der Waals surface area contributed by atoms with Gasteiger partial charge in [0, 0.05) is 0 Å². The minimum atomic E-state index is -1.27. The Hall–Kier alpha value is -2.14. The maximum Gasteiger partial charge on any atom is 0.269 e. The van der Waals surface area contributed by atoms with E-state index >= 15 is 0 Å². The van der Waals surface area contributed by atoms with Crippen LogP contribution in [0.15, 0.2) is 12.7 Å². The maximum absolute atomic E-state index is 11.3. The van der Waals surface area contributed by atoms with Crippen molar-refractivity contribution >= 4 is 17.1 Å². The molecule has 1 fully saturated rings. The smallest absolute Gasteiger partial charge is 0.269 e. The summed E-state index contributed by atoms with van der Waals surface area (Å²) in [5.74, 6) is -0.756. The lowest BCUT2D eigenvalue weighted by Crippen LogP contribution is -2.33. The maximum atomic E-state index is 11.3. The number of imidazole rings is 1. The van der Waals surface area contributed by atoms with Crippen LogP contribution in [0.2, 0.25) is 0 Å². The topological polar surface area (TPSA) is 157 Å². The number of amides is 1. The van der Waals surface area contributed by atoms with Crippen LogP contribution in [0.5, 0.6) is 0 Å². The molecule has 3 heterocycles. The van der Waals surface area contributed by atoms with Crippen LogP contribution in [0.3, 0.4) is 0 Å². The van der Waals surface area contributed by atoms with E-state index < -0.39 is 37.1 Å². The first kappa shape index (κ1) is 13.8. The number of primary amides is 1. The summed E-state index contributed by atoms with van der Waals surface area (Å²) in [6.07, 6.45) is -1.98. The van der Waals surface area contributed by atoms with Gasteiger partial charge >= 0.3 is 0 Å². The van der Waals surface area contributed by atoms with Crippen molar-refractivity contribution < 1.29 is 24.9 Å². The van der Waals surface area contributed by atoms with Gasteiger partial charge in [0.15, 0.2) is 17.6 Å². The number of carbonyl (C=O) groups is 1. The van der Waals surface area contributed by atoms with Crippen molar-refractivity contribution in [3.8, 4) is 0 Å². The number of aliphatic hydroxyl groups is 3. The van der Waals surface area contributed by atoms with E-state index in [2.05, 4.69) is 15.0 Å². The first-order chi connectivity index (χ1) is 10.0. The monoisotopic (exact) mass is 295 g/mol. The molecular weight excluding hydrogens is 282 g/mol. The molecule has 0 spiro atoms. The second kappa shape index (κ2) is 5.00. The molecule has 0 aromatic carbocycles. The van der Waals surface area contributed by atoms with Gasteiger partial charge in [-0.3, -0.25) is 9.36 Å². The van der Waals surface area contributed by atoms with Crippen LogP contribution in [0.1, 0.15) is 16.7 Å². The zero-order valence-electron chi connectivity index (χ0n) is 10.7. The molecule has 21 heavy (non-hydrogen) atoms. The van der Waals surface area contributed by atoms with Gasteiger partial charge in [0.05, 0.1) is 12.9 Å². The van der Waals surface area contributed by atoms with Gasteiger partial charge in [-0.25, -0.2) is 15.0 Å². The number of fused-ring (bicyclic) bond motifs is 1. The molecule has 1 saturated heterocycles. The molecule has 0 bridgehead atoms. The zero-order chi connectivity index (χ0) is 15.1. The number of rotatable bonds is 3. The fourth-order valence-corrected chi connectivity index (χ4v) is 2.33. The molecule has 5 N–H and O–H groups in total. The summed E-state index contributed by atoms with van der Waals surface area (Å²) in [6, 6.07) is 0. The van der Waals surface area contributed by atoms with Crippen LogP contribution in [0.4, 0.5) is 0 Å². The highest BCUT2D eigenvalue weighted by Crippen LogP contribution is 2.31. The summed E-state index contributed by atoms with van der Waals surface area (Å²) >= 11 is 0. The Balaban J connectivity index is 2.06. The Morgan fingerprint density at radius 2 is 2.10 bits per heavy atom. The molecule has 10 nitrogen and oxygen atoms in total. The Morgan fingerprint density at radius 1 is 1.33 bits per heavy atom. The van der Waals surface area contributed by atoms with Gasteiger partial charge in [-0.05, 0) is 0 Å². The second-order valence-electron chi connectivity index (χ2n) is 4.64. The highest BCUT2D eigenvalue weighted by Gasteiger charge is 2.44. The number of aromatic nitrogens is 4. The van der Waals surface area contributed by atoms with Gasteiger partial charge in [-0.2, -0.15) is 0 Å². The highest BCUT2D eigenvalue weighted by molar-refractivity contribution is 6.01. The van der Waals surface area contributed by atoms with E-state index in [9.17, 15) is 15.0 Å². The molecule has 0 unspecified atom stereocenters. The van der Waals surface area contributed by atoms with E-state index in [-0.39, 0.29) is 16.9 Å². The van der Waals surface area contributed by atoms with Gasteiger partial charge in [0.1, 0.15) is 30.2 Å². The third kappa shape index (κ3) is 2.05. The third-order valence-electron chi connectivity index (χ3n) is 3.38. The molecule has 0 saturated carbocycles. The normalized spacial score (nSPS) is 29.1. The average Bonchev–Trinajstić information content (AvgIpc) is 3.01. The summed E-state index contributed by atoms with van der Waals surface area (Å²) in [6.45, 7) is -0.442. The van der Waals surface area contributed by atoms with Crippen molar-refractivity contribution in [1.82, 2.24) is 19.5 Å². The molecule has 1 amide bonds. The van der Waals surface area contributed by atoms with Crippen LogP contribution >= 0.6 is 0 Å².